The fourth-order valence-corrected chi connectivity index (χ4v) is 6.22. The molecule has 0 bridgehead atoms. The number of rotatable bonds is 5. The molecule has 0 atom stereocenters. The number of fused-ring (bicyclic) bond motifs is 1. The predicted molar refractivity (Wildman–Crippen MR) is 122 cm³/mol. The molecule has 1 fully saturated rings. The summed E-state index contributed by atoms with van der Waals surface area (Å²) in [4.78, 5) is 27.1. The molecular formula is C22H23F2N3O4S2. The van der Waals surface area contributed by atoms with Gasteiger partial charge in [0.05, 0.1) is 22.0 Å². The van der Waals surface area contributed by atoms with Crippen molar-refractivity contribution in [1.82, 2.24) is 4.31 Å². The third-order valence-corrected chi connectivity index (χ3v) is 8.70. The minimum absolute atomic E-state index is 0.0566. The van der Waals surface area contributed by atoms with Crippen molar-refractivity contribution in [3.05, 3.63) is 48.0 Å². The van der Waals surface area contributed by atoms with Gasteiger partial charge in [-0.25, -0.2) is 17.2 Å². The van der Waals surface area contributed by atoms with E-state index < -0.39 is 34.1 Å². The van der Waals surface area contributed by atoms with E-state index >= 15 is 0 Å². The minimum Gasteiger partial charge on any atom is -0.322 e. The molecule has 2 amide bonds. The van der Waals surface area contributed by atoms with Gasteiger partial charge in [0.25, 0.3) is 0 Å². The highest BCUT2D eigenvalue weighted by Crippen LogP contribution is 2.37. The number of hydrogen-bond donors (Lipinski definition) is 1. The highest BCUT2D eigenvalue weighted by molar-refractivity contribution is 8.00. The van der Waals surface area contributed by atoms with Crippen molar-refractivity contribution in [2.24, 2.45) is 5.92 Å². The maximum absolute atomic E-state index is 13.9. The Labute approximate surface area is 195 Å². The molecule has 0 unspecified atom stereocenters. The molecule has 0 saturated carbocycles. The van der Waals surface area contributed by atoms with E-state index in [1.165, 1.54) is 33.1 Å². The van der Waals surface area contributed by atoms with Crippen LogP contribution in [0.25, 0.3) is 0 Å². The van der Waals surface area contributed by atoms with E-state index in [2.05, 4.69) is 12.2 Å². The number of halogens is 2. The Kier molecular flexibility index (Phi) is 6.73. The zero-order valence-electron chi connectivity index (χ0n) is 17.9. The fourth-order valence-electron chi connectivity index (χ4n) is 3.81. The standard InChI is InChI=1S/C22H23F2N3O4S2/c1-14-6-8-26(9-7-14)33(30,31)16-3-5-20-19(11-16)27(22(29)13-32-20)12-21(28)25-18-4-2-15(23)10-17(18)24/h2-5,10-11,14H,6-9,12-13H2,1H3,(H,25,28). The largest absolute Gasteiger partial charge is 0.322 e. The Morgan fingerprint density at radius 1 is 1.15 bits per heavy atom. The van der Waals surface area contributed by atoms with E-state index in [1.54, 1.807) is 6.07 Å². The van der Waals surface area contributed by atoms with Gasteiger partial charge in [-0.3, -0.25) is 9.59 Å². The molecule has 33 heavy (non-hydrogen) atoms. The summed E-state index contributed by atoms with van der Waals surface area (Å²) >= 11 is 1.26. The van der Waals surface area contributed by atoms with Crippen molar-refractivity contribution in [3.8, 4) is 0 Å². The summed E-state index contributed by atoms with van der Waals surface area (Å²) in [6, 6.07) is 7.31. The lowest BCUT2D eigenvalue weighted by atomic mass is 10.0. The molecule has 2 aliphatic heterocycles. The van der Waals surface area contributed by atoms with Crippen LogP contribution in [-0.2, 0) is 19.6 Å². The monoisotopic (exact) mass is 495 g/mol. The van der Waals surface area contributed by atoms with Gasteiger partial charge in [-0.1, -0.05) is 6.92 Å². The smallest absolute Gasteiger partial charge is 0.244 e. The van der Waals surface area contributed by atoms with Gasteiger partial charge < -0.3 is 10.2 Å². The van der Waals surface area contributed by atoms with Crippen molar-refractivity contribution in [1.29, 1.82) is 0 Å². The van der Waals surface area contributed by atoms with Gasteiger partial charge in [0.2, 0.25) is 21.8 Å². The predicted octanol–water partition coefficient (Wildman–Crippen LogP) is 3.46. The van der Waals surface area contributed by atoms with Crippen LogP contribution >= 0.6 is 11.8 Å². The van der Waals surface area contributed by atoms with E-state index in [0.29, 0.717) is 35.7 Å². The second kappa shape index (κ2) is 9.40. The van der Waals surface area contributed by atoms with Crippen molar-refractivity contribution < 1.29 is 26.8 Å². The number of anilines is 2. The van der Waals surface area contributed by atoms with Crippen molar-refractivity contribution in [2.45, 2.75) is 29.6 Å². The van der Waals surface area contributed by atoms with Crippen LogP contribution in [0, 0.1) is 17.6 Å². The summed E-state index contributed by atoms with van der Waals surface area (Å²) in [7, 11) is -3.75. The number of thioether (sulfide) groups is 1. The highest BCUT2D eigenvalue weighted by Gasteiger charge is 2.32. The normalized spacial score (nSPS) is 17.7. The van der Waals surface area contributed by atoms with Gasteiger partial charge in [0.1, 0.15) is 18.2 Å². The van der Waals surface area contributed by atoms with Crippen LogP contribution < -0.4 is 10.2 Å². The SMILES string of the molecule is CC1CCN(S(=O)(=O)c2ccc3c(c2)N(CC(=O)Nc2ccc(F)cc2F)C(=O)CS3)CC1. The van der Waals surface area contributed by atoms with E-state index in [1.807, 2.05) is 0 Å². The van der Waals surface area contributed by atoms with E-state index in [4.69, 9.17) is 0 Å². The third-order valence-electron chi connectivity index (χ3n) is 5.76. The Bertz CT molecular complexity index is 1200. The molecule has 2 aromatic rings. The van der Waals surface area contributed by atoms with Crippen LogP contribution in [0.5, 0.6) is 0 Å². The second-order valence-corrected chi connectivity index (χ2v) is 11.1. The summed E-state index contributed by atoms with van der Waals surface area (Å²) in [6.45, 7) is 2.52. The van der Waals surface area contributed by atoms with Gasteiger partial charge in [-0.15, -0.1) is 11.8 Å². The second-order valence-electron chi connectivity index (χ2n) is 8.16. The van der Waals surface area contributed by atoms with Crippen LogP contribution in [0.3, 0.4) is 0 Å². The third kappa shape index (κ3) is 5.04. The molecule has 176 valence electrons. The van der Waals surface area contributed by atoms with E-state index in [-0.39, 0.29) is 22.2 Å². The number of benzene rings is 2. The summed E-state index contributed by atoms with van der Waals surface area (Å²) in [5.74, 6) is -2.23. The summed E-state index contributed by atoms with van der Waals surface area (Å²) in [5.41, 5.74) is 0.105. The number of piperidine rings is 1. The molecule has 0 spiro atoms. The topological polar surface area (TPSA) is 86.8 Å². The molecule has 7 nitrogen and oxygen atoms in total. The Morgan fingerprint density at radius 2 is 1.88 bits per heavy atom. The molecular weight excluding hydrogens is 472 g/mol. The van der Waals surface area contributed by atoms with Crippen LogP contribution in [-0.4, -0.2) is 49.9 Å². The first-order valence-corrected chi connectivity index (χ1v) is 12.9. The Balaban J connectivity index is 1.57. The molecule has 1 N–H and O–H groups in total. The first kappa shape index (κ1) is 23.7. The lowest BCUT2D eigenvalue weighted by Gasteiger charge is -2.31. The number of sulfonamides is 1. The fraction of sp³-hybridized carbons (Fsp3) is 0.364. The Hall–Kier alpha value is -2.50. The van der Waals surface area contributed by atoms with Crippen LogP contribution in [0.1, 0.15) is 19.8 Å². The molecule has 0 aliphatic carbocycles. The number of amides is 2. The molecule has 2 aromatic carbocycles. The van der Waals surface area contributed by atoms with E-state index in [0.717, 1.165) is 25.0 Å². The van der Waals surface area contributed by atoms with E-state index in [9.17, 15) is 26.8 Å². The molecule has 2 aliphatic rings. The summed E-state index contributed by atoms with van der Waals surface area (Å²) < 4.78 is 54.7. The van der Waals surface area contributed by atoms with Gasteiger partial charge in [0, 0.05) is 24.1 Å². The van der Waals surface area contributed by atoms with Crippen molar-refractivity contribution >= 4 is 45.0 Å². The van der Waals surface area contributed by atoms with Crippen LogP contribution in [0.4, 0.5) is 20.2 Å². The lowest BCUT2D eigenvalue weighted by Crippen LogP contribution is -2.41. The molecule has 1 saturated heterocycles. The summed E-state index contributed by atoms with van der Waals surface area (Å²) in [5, 5.41) is 2.33. The average molecular weight is 496 g/mol. The average Bonchev–Trinajstić information content (AvgIpc) is 2.77. The van der Waals surface area contributed by atoms with Gasteiger partial charge >= 0.3 is 0 Å². The van der Waals surface area contributed by atoms with Gasteiger partial charge in [0.15, 0.2) is 0 Å². The summed E-state index contributed by atoms with van der Waals surface area (Å²) in [6.07, 6.45) is 1.56. The van der Waals surface area contributed by atoms with Crippen molar-refractivity contribution in [2.75, 3.05) is 35.6 Å². The lowest BCUT2D eigenvalue weighted by molar-refractivity contribution is -0.120. The molecule has 0 radical (unpaired) electrons. The number of nitrogens with one attached hydrogen (secondary N) is 1. The first-order chi connectivity index (χ1) is 15.6. The number of carbonyl (C=O) groups excluding carboxylic acids is 2. The number of hydrogen-bond acceptors (Lipinski definition) is 5. The zero-order valence-corrected chi connectivity index (χ0v) is 19.5. The van der Waals surface area contributed by atoms with Gasteiger partial charge in [-0.05, 0) is 49.1 Å². The number of nitrogens with zero attached hydrogens (tertiary/aromatic N) is 2. The maximum Gasteiger partial charge on any atom is 0.244 e. The zero-order chi connectivity index (χ0) is 23.8. The maximum atomic E-state index is 13.9. The number of carbonyl (C=O) groups is 2. The van der Waals surface area contributed by atoms with Crippen LogP contribution in [0.2, 0.25) is 0 Å². The molecule has 4 rings (SSSR count). The molecule has 0 aromatic heterocycles. The van der Waals surface area contributed by atoms with Crippen LogP contribution in [0.15, 0.2) is 46.2 Å². The minimum atomic E-state index is -3.75. The Morgan fingerprint density at radius 3 is 2.58 bits per heavy atom. The molecule has 11 heteroatoms. The molecule has 2 heterocycles. The highest BCUT2D eigenvalue weighted by atomic mass is 32.2. The van der Waals surface area contributed by atoms with Gasteiger partial charge in [-0.2, -0.15) is 4.31 Å². The first-order valence-electron chi connectivity index (χ1n) is 10.5. The van der Waals surface area contributed by atoms with Crippen molar-refractivity contribution in [3.63, 3.8) is 0 Å². The quantitative estimate of drug-likeness (QED) is 0.687.